The van der Waals surface area contributed by atoms with Crippen LogP contribution in [0.4, 0.5) is 5.69 Å². The number of nitrogens with one attached hydrogen (secondary N) is 1. The van der Waals surface area contributed by atoms with Crippen LogP contribution in [0.15, 0.2) is 72.8 Å². The van der Waals surface area contributed by atoms with Gasteiger partial charge in [-0.1, -0.05) is 29.8 Å². The molecule has 8 heteroatoms. The molecule has 0 radical (unpaired) electrons. The predicted molar refractivity (Wildman–Crippen MR) is 135 cm³/mol. The lowest BCUT2D eigenvalue weighted by Crippen LogP contribution is -2.11. The van der Waals surface area contributed by atoms with Crippen LogP contribution >= 0.6 is 11.6 Å². The highest BCUT2D eigenvalue weighted by Crippen LogP contribution is 2.29. The van der Waals surface area contributed by atoms with Gasteiger partial charge >= 0.3 is 5.97 Å². The van der Waals surface area contributed by atoms with Crippen molar-refractivity contribution in [2.45, 2.75) is 6.61 Å². The molecule has 182 valence electrons. The third-order valence-corrected chi connectivity index (χ3v) is 5.08. The first kappa shape index (κ1) is 25.8. The zero-order valence-corrected chi connectivity index (χ0v) is 20.2. The van der Waals surface area contributed by atoms with Gasteiger partial charge in [0.15, 0.2) is 11.5 Å². The molecule has 0 unspecified atom stereocenters. The average molecular weight is 496 g/mol. The average Bonchev–Trinajstić information content (AvgIpc) is 2.88. The molecule has 1 N–H and O–H groups in total. The van der Waals surface area contributed by atoms with Gasteiger partial charge in [-0.25, -0.2) is 4.79 Å². The molecule has 3 rings (SSSR count). The van der Waals surface area contributed by atoms with Gasteiger partial charge in [0.05, 0.1) is 19.3 Å². The van der Waals surface area contributed by atoms with E-state index >= 15 is 0 Å². The Balaban J connectivity index is 1.55. The minimum Gasteiger partial charge on any atom is -0.493 e. The van der Waals surface area contributed by atoms with Gasteiger partial charge in [0, 0.05) is 23.9 Å². The van der Waals surface area contributed by atoms with Gasteiger partial charge in [0.2, 0.25) is 5.91 Å². The van der Waals surface area contributed by atoms with E-state index in [1.165, 1.54) is 13.2 Å². The molecular weight excluding hydrogens is 470 g/mol. The molecule has 35 heavy (non-hydrogen) atoms. The number of ether oxygens (including phenoxy) is 4. The molecule has 0 saturated heterocycles. The third-order valence-electron chi connectivity index (χ3n) is 4.83. The third kappa shape index (κ3) is 8.17. The number of amides is 1. The summed E-state index contributed by atoms with van der Waals surface area (Å²) >= 11 is 5.91. The number of hydrogen-bond donors (Lipinski definition) is 1. The summed E-state index contributed by atoms with van der Waals surface area (Å²) in [4.78, 5) is 24.2. The van der Waals surface area contributed by atoms with Crippen molar-refractivity contribution >= 4 is 35.2 Å². The molecular formula is C27H26ClNO6. The number of esters is 1. The van der Waals surface area contributed by atoms with Gasteiger partial charge in [-0.2, -0.15) is 0 Å². The second kappa shape index (κ2) is 13.2. The van der Waals surface area contributed by atoms with Gasteiger partial charge in [0.1, 0.15) is 13.2 Å². The van der Waals surface area contributed by atoms with Crippen molar-refractivity contribution in [1.29, 1.82) is 0 Å². The fourth-order valence-corrected chi connectivity index (χ4v) is 3.12. The molecule has 3 aromatic rings. The highest BCUT2D eigenvalue weighted by Gasteiger charge is 2.08. The number of rotatable bonds is 11. The minimum absolute atomic E-state index is 0.179. The fourth-order valence-electron chi connectivity index (χ4n) is 3.00. The molecule has 0 heterocycles. The standard InChI is InChI=1S/C27H26ClNO6/c1-32-15-16-34-27(31)21-7-11-23(12-8-21)29-26(30)14-6-19-5-13-24(25(17-19)33-2)35-18-20-3-9-22(28)10-4-20/h3-14,17H,15-16,18H2,1-2H3,(H,29,30)/b14-6+. The van der Waals surface area contributed by atoms with Crippen LogP contribution in [0.2, 0.25) is 5.02 Å². The lowest BCUT2D eigenvalue weighted by molar-refractivity contribution is -0.111. The van der Waals surface area contributed by atoms with E-state index in [0.717, 1.165) is 11.1 Å². The SMILES string of the molecule is COCCOC(=O)c1ccc(NC(=O)/C=C/c2ccc(OCc3ccc(Cl)cc3)c(OC)c2)cc1. The van der Waals surface area contributed by atoms with Crippen LogP contribution in [0.5, 0.6) is 11.5 Å². The van der Waals surface area contributed by atoms with E-state index in [4.69, 9.17) is 30.5 Å². The molecule has 0 fully saturated rings. The lowest BCUT2D eigenvalue weighted by atomic mass is 10.1. The highest BCUT2D eigenvalue weighted by molar-refractivity contribution is 6.30. The maximum atomic E-state index is 12.3. The zero-order valence-electron chi connectivity index (χ0n) is 19.5. The molecule has 0 aliphatic heterocycles. The summed E-state index contributed by atoms with van der Waals surface area (Å²) in [6, 6.07) is 19.2. The molecule has 0 saturated carbocycles. The summed E-state index contributed by atoms with van der Waals surface area (Å²) in [5.74, 6) is 0.371. The quantitative estimate of drug-likeness (QED) is 0.218. The summed E-state index contributed by atoms with van der Waals surface area (Å²) in [5.41, 5.74) is 2.69. The van der Waals surface area contributed by atoms with Crippen LogP contribution in [0.3, 0.4) is 0 Å². The Kier molecular flexibility index (Phi) is 9.71. The summed E-state index contributed by atoms with van der Waals surface area (Å²) in [6.45, 7) is 0.880. The van der Waals surface area contributed by atoms with Crippen LogP contribution < -0.4 is 14.8 Å². The number of methoxy groups -OCH3 is 2. The van der Waals surface area contributed by atoms with Crippen LogP contribution in [0, 0.1) is 0 Å². The summed E-state index contributed by atoms with van der Waals surface area (Å²) in [5, 5.41) is 3.42. The van der Waals surface area contributed by atoms with Gasteiger partial charge in [-0.15, -0.1) is 0 Å². The predicted octanol–water partition coefficient (Wildman–Crippen LogP) is 5.38. The summed E-state index contributed by atoms with van der Waals surface area (Å²) in [7, 11) is 3.09. The maximum Gasteiger partial charge on any atom is 0.338 e. The zero-order chi connectivity index (χ0) is 25.0. The van der Waals surface area contributed by atoms with Crippen molar-refractivity contribution < 1.29 is 28.5 Å². The largest absolute Gasteiger partial charge is 0.493 e. The number of halogens is 1. The monoisotopic (exact) mass is 495 g/mol. The van der Waals surface area contributed by atoms with Gasteiger partial charge in [-0.05, 0) is 65.7 Å². The van der Waals surface area contributed by atoms with Gasteiger partial charge in [-0.3, -0.25) is 4.79 Å². The van der Waals surface area contributed by atoms with E-state index in [-0.39, 0.29) is 12.5 Å². The molecule has 3 aromatic carbocycles. The Hall–Kier alpha value is -3.81. The number of carbonyl (C=O) groups is 2. The number of benzene rings is 3. The Morgan fingerprint density at radius 1 is 0.914 bits per heavy atom. The fraction of sp³-hybridized carbons (Fsp3) is 0.185. The van der Waals surface area contributed by atoms with E-state index < -0.39 is 5.97 Å². The van der Waals surface area contributed by atoms with Crippen molar-refractivity contribution in [1.82, 2.24) is 0 Å². The molecule has 0 spiro atoms. The Morgan fingerprint density at radius 3 is 2.34 bits per heavy atom. The minimum atomic E-state index is -0.450. The highest BCUT2D eigenvalue weighted by atomic mass is 35.5. The lowest BCUT2D eigenvalue weighted by Gasteiger charge is -2.11. The first-order valence-electron chi connectivity index (χ1n) is 10.8. The molecule has 1 amide bonds. The summed E-state index contributed by atoms with van der Waals surface area (Å²) < 4.78 is 21.2. The van der Waals surface area contributed by atoms with Gasteiger partial charge in [0.25, 0.3) is 0 Å². The number of anilines is 1. The van der Waals surface area contributed by atoms with Crippen molar-refractivity contribution in [3.8, 4) is 11.5 Å². The Morgan fingerprint density at radius 2 is 1.66 bits per heavy atom. The summed E-state index contributed by atoms with van der Waals surface area (Å²) in [6.07, 6.45) is 3.08. The molecule has 0 atom stereocenters. The first-order chi connectivity index (χ1) is 17.0. The van der Waals surface area contributed by atoms with E-state index in [9.17, 15) is 9.59 Å². The van der Waals surface area contributed by atoms with E-state index in [1.807, 2.05) is 30.3 Å². The molecule has 0 bridgehead atoms. The molecule has 0 aromatic heterocycles. The van der Waals surface area contributed by atoms with Crippen molar-refractivity contribution in [3.05, 3.63) is 94.5 Å². The Labute approximate surface area is 209 Å². The molecule has 0 aliphatic carbocycles. The van der Waals surface area contributed by atoms with Crippen LogP contribution in [-0.4, -0.2) is 39.3 Å². The number of hydrogen-bond acceptors (Lipinski definition) is 6. The Bertz CT molecular complexity index is 1160. The maximum absolute atomic E-state index is 12.3. The topological polar surface area (TPSA) is 83.1 Å². The van der Waals surface area contributed by atoms with E-state index in [0.29, 0.717) is 41.0 Å². The second-order valence-electron chi connectivity index (χ2n) is 7.35. The van der Waals surface area contributed by atoms with E-state index in [2.05, 4.69) is 5.32 Å². The van der Waals surface area contributed by atoms with Gasteiger partial charge < -0.3 is 24.3 Å². The smallest absolute Gasteiger partial charge is 0.338 e. The van der Waals surface area contributed by atoms with E-state index in [1.54, 1.807) is 49.6 Å². The van der Waals surface area contributed by atoms with Crippen LogP contribution in [-0.2, 0) is 20.9 Å². The normalized spacial score (nSPS) is 10.7. The van der Waals surface area contributed by atoms with Crippen LogP contribution in [0.1, 0.15) is 21.5 Å². The van der Waals surface area contributed by atoms with Crippen LogP contribution in [0.25, 0.3) is 6.08 Å². The second-order valence-corrected chi connectivity index (χ2v) is 7.79. The first-order valence-corrected chi connectivity index (χ1v) is 11.2. The van der Waals surface area contributed by atoms with Crippen molar-refractivity contribution in [3.63, 3.8) is 0 Å². The number of carbonyl (C=O) groups excluding carboxylic acids is 2. The van der Waals surface area contributed by atoms with Crippen molar-refractivity contribution in [2.24, 2.45) is 0 Å². The molecule has 7 nitrogen and oxygen atoms in total. The van der Waals surface area contributed by atoms with Crippen molar-refractivity contribution in [2.75, 3.05) is 32.8 Å². The molecule has 0 aliphatic rings.